The minimum absolute atomic E-state index is 0.214. The first kappa shape index (κ1) is 14.7. The fourth-order valence-corrected chi connectivity index (χ4v) is 2.28. The molecule has 0 fully saturated rings. The average Bonchev–Trinajstić information content (AvgIpc) is 2.42. The van der Waals surface area contributed by atoms with E-state index in [1.165, 1.54) is 6.07 Å². The lowest BCUT2D eigenvalue weighted by Crippen LogP contribution is -2.27. The minimum Gasteiger partial charge on any atom is -0.345 e. The van der Waals surface area contributed by atoms with Gasteiger partial charge in [-0.2, -0.15) is 0 Å². The van der Waals surface area contributed by atoms with Crippen molar-refractivity contribution in [1.82, 2.24) is 10.3 Å². The monoisotopic (exact) mass is 336 g/mol. The Hall–Kier alpha value is -1.75. The van der Waals surface area contributed by atoms with Crippen LogP contribution in [0.15, 0.2) is 41.1 Å². The van der Waals surface area contributed by atoms with Gasteiger partial charge in [0.2, 0.25) is 0 Å². The molecule has 0 aliphatic carbocycles. The van der Waals surface area contributed by atoms with Crippen molar-refractivity contribution in [2.75, 3.05) is 0 Å². The molecule has 5 heteroatoms. The van der Waals surface area contributed by atoms with Crippen LogP contribution in [0.4, 0.5) is 4.39 Å². The smallest absolute Gasteiger partial charge is 0.254 e. The van der Waals surface area contributed by atoms with Crippen LogP contribution in [0.25, 0.3) is 0 Å². The van der Waals surface area contributed by atoms with Gasteiger partial charge in [-0.25, -0.2) is 9.37 Å². The zero-order chi connectivity index (χ0) is 14.7. The van der Waals surface area contributed by atoms with E-state index in [4.69, 9.17) is 0 Å². The topological polar surface area (TPSA) is 42.0 Å². The first-order valence-electron chi connectivity index (χ1n) is 6.16. The van der Waals surface area contributed by atoms with Crippen LogP contribution in [0.1, 0.15) is 34.5 Å². The molecule has 0 saturated heterocycles. The summed E-state index contributed by atoms with van der Waals surface area (Å²) >= 11 is 3.24. The summed E-state index contributed by atoms with van der Waals surface area (Å²) in [5.41, 5.74) is 1.89. The molecule has 0 unspecified atom stereocenters. The number of carbonyl (C=O) groups excluding carboxylic acids is 1. The van der Waals surface area contributed by atoms with Gasteiger partial charge in [0.1, 0.15) is 10.4 Å². The van der Waals surface area contributed by atoms with Crippen molar-refractivity contribution in [2.45, 2.75) is 19.9 Å². The quantitative estimate of drug-likeness (QED) is 0.866. The molecule has 104 valence electrons. The molecule has 1 amide bonds. The maximum absolute atomic E-state index is 13.2. The van der Waals surface area contributed by atoms with Crippen LogP contribution >= 0.6 is 15.9 Å². The van der Waals surface area contributed by atoms with Gasteiger partial charge in [-0.05, 0) is 59.1 Å². The molecule has 0 saturated carbocycles. The Morgan fingerprint density at radius 3 is 2.80 bits per heavy atom. The van der Waals surface area contributed by atoms with Crippen molar-refractivity contribution in [3.63, 3.8) is 0 Å². The molecule has 0 bridgehead atoms. The molecule has 20 heavy (non-hydrogen) atoms. The largest absolute Gasteiger partial charge is 0.345 e. The van der Waals surface area contributed by atoms with Crippen molar-refractivity contribution in [2.24, 2.45) is 0 Å². The molecule has 1 atom stereocenters. The molecular weight excluding hydrogens is 323 g/mol. The second kappa shape index (κ2) is 6.13. The molecular formula is C15H14BrFN2O. The number of benzene rings is 1. The molecule has 2 rings (SSSR count). The van der Waals surface area contributed by atoms with Gasteiger partial charge in [0, 0.05) is 6.20 Å². The number of aromatic nitrogens is 1. The Morgan fingerprint density at radius 2 is 2.15 bits per heavy atom. The number of carbonyl (C=O) groups is 1. The number of amides is 1. The highest BCUT2D eigenvalue weighted by molar-refractivity contribution is 9.10. The summed E-state index contributed by atoms with van der Waals surface area (Å²) in [6, 6.07) is 7.99. The highest BCUT2D eigenvalue weighted by atomic mass is 79.9. The zero-order valence-corrected chi connectivity index (χ0v) is 12.7. The fraction of sp³-hybridized carbons (Fsp3) is 0.200. The van der Waals surface area contributed by atoms with Gasteiger partial charge in [-0.15, -0.1) is 0 Å². The number of nitrogens with one attached hydrogen (secondary N) is 1. The van der Waals surface area contributed by atoms with Crippen molar-refractivity contribution < 1.29 is 9.18 Å². The fourth-order valence-electron chi connectivity index (χ4n) is 1.85. The Bertz CT molecular complexity index is 646. The number of halogens is 2. The number of rotatable bonds is 3. The predicted molar refractivity (Wildman–Crippen MR) is 79.0 cm³/mol. The molecule has 3 nitrogen and oxygen atoms in total. The van der Waals surface area contributed by atoms with Gasteiger partial charge < -0.3 is 5.32 Å². The Balaban J connectivity index is 2.15. The third-order valence-electron chi connectivity index (χ3n) is 3.03. The summed E-state index contributed by atoms with van der Waals surface area (Å²) in [7, 11) is 0. The molecule has 0 aliphatic heterocycles. The van der Waals surface area contributed by atoms with Crippen molar-refractivity contribution in [3.8, 4) is 0 Å². The number of hydrogen-bond donors (Lipinski definition) is 1. The van der Waals surface area contributed by atoms with E-state index in [0.717, 1.165) is 5.56 Å². The number of hydrogen-bond acceptors (Lipinski definition) is 2. The Kier molecular flexibility index (Phi) is 4.49. The predicted octanol–water partition coefficient (Wildman–Crippen LogP) is 3.78. The van der Waals surface area contributed by atoms with E-state index in [9.17, 15) is 9.18 Å². The molecule has 0 aliphatic rings. The molecule has 2 aromatic rings. The maximum atomic E-state index is 13.2. The van der Waals surface area contributed by atoms with E-state index in [0.29, 0.717) is 15.7 Å². The van der Waals surface area contributed by atoms with Crippen LogP contribution in [0, 0.1) is 12.7 Å². The first-order chi connectivity index (χ1) is 9.49. The number of aryl methyl sites for hydroxylation is 1. The zero-order valence-electron chi connectivity index (χ0n) is 11.2. The van der Waals surface area contributed by atoms with Crippen molar-refractivity contribution >= 4 is 21.8 Å². The summed E-state index contributed by atoms with van der Waals surface area (Å²) < 4.78 is 13.7. The first-order valence-corrected chi connectivity index (χ1v) is 6.95. The van der Waals surface area contributed by atoms with E-state index in [1.54, 1.807) is 37.4 Å². The van der Waals surface area contributed by atoms with E-state index >= 15 is 0 Å². The summed E-state index contributed by atoms with van der Waals surface area (Å²) in [5.74, 6) is -0.471. The molecule has 0 radical (unpaired) electrons. The minimum atomic E-state index is -0.248. The van der Waals surface area contributed by atoms with Gasteiger partial charge >= 0.3 is 0 Å². The van der Waals surface area contributed by atoms with Crippen LogP contribution in [0.2, 0.25) is 0 Å². The van der Waals surface area contributed by atoms with Crippen LogP contribution < -0.4 is 5.32 Å². The summed E-state index contributed by atoms with van der Waals surface area (Å²) in [5, 5.41) is 2.87. The molecule has 1 heterocycles. The van der Waals surface area contributed by atoms with E-state index in [1.807, 2.05) is 6.92 Å². The normalized spacial score (nSPS) is 12.0. The second-order valence-corrected chi connectivity index (χ2v) is 5.30. The van der Waals surface area contributed by atoms with Crippen molar-refractivity contribution in [3.05, 3.63) is 63.6 Å². The summed E-state index contributed by atoms with van der Waals surface area (Å²) in [6.07, 6.45) is 1.60. The SMILES string of the molecule is Cc1cc([C@H](C)NC(=O)c2cccnc2Br)ccc1F. The van der Waals surface area contributed by atoms with Crippen LogP contribution in [0.5, 0.6) is 0 Å². The number of nitrogens with zero attached hydrogens (tertiary/aromatic N) is 1. The Labute approximate surface area is 125 Å². The Morgan fingerprint density at radius 1 is 1.40 bits per heavy atom. The third kappa shape index (κ3) is 3.22. The molecule has 1 N–H and O–H groups in total. The lowest BCUT2D eigenvalue weighted by molar-refractivity contribution is 0.0938. The highest BCUT2D eigenvalue weighted by Gasteiger charge is 2.14. The van der Waals surface area contributed by atoms with Crippen LogP contribution in [-0.4, -0.2) is 10.9 Å². The van der Waals surface area contributed by atoms with Crippen LogP contribution in [0.3, 0.4) is 0 Å². The second-order valence-electron chi connectivity index (χ2n) is 4.55. The van der Waals surface area contributed by atoms with Gasteiger partial charge in [-0.1, -0.05) is 12.1 Å². The van der Waals surface area contributed by atoms with Gasteiger partial charge in [0.05, 0.1) is 11.6 Å². The summed E-state index contributed by atoms with van der Waals surface area (Å²) in [6.45, 7) is 3.56. The molecule has 1 aromatic carbocycles. The highest BCUT2D eigenvalue weighted by Crippen LogP contribution is 2.18. The molecule has 1 aromatic heterocycles. The van der Waals surface area contributed by atoms with Gasteiger partial charge in [0.15, 0.2) is 0 Å². The lowest BCUT2D eigenvalue weighted by Gasteiger charge is -2.15. The van der Waals surface area contributed by atoms with E-state index in [2.05, 4.69) is 26.2 Å². The average molecular weight is 337 g/mol. The van der Waals surface area contributed by atoms with Gasteiger partial charge in [0.25, 0.3) is 5.91 Å². The lowest BCUT2D eigenvalue weighted by atomic mass is 10.1. The summed E-state index contributed by atoms with van der Waals surface area (Å²) in [4.78, 5) is 16.2. The van der Waals surface area contributed by atoms with Crippen LogP contribution in [-0.2, 0) is 0 Å². The molecule has 0 spiro atoms. The van der Waals surface area contributed by atoms with E-state index < -0.39 is 0 Å². The maximum Gasteiger partial charge on any atom is 0.254 e. The number of pyridine rings is 1. The van der Waals surface area contributed by atoms with Gasteiger partial charge in [-0.3, -0.25) is 4.79 Å². The van der Waals surface area contributed by atoms with Crippen molar-refractivity contribution in [1.29, 1.82) is 0 Å². The standard InChI is InChI=1S/C15H14BrFN2O/c1-9-8-11(5-6-13(9)17)10(2)19-15(20)12-4-3-7-18-14(12)16/h3-8,10H,1-2H3,(H,19,20)/t10-/m0/s1. The van der Waals surface area contributed by atoms with E-state index in [-0.39, 0.29) is 17.8 Å². The third-order valence-corrected chi connectivity index (χ3v) is 3.67.